The number of carbonyl (C=O) groups is 2. The van der Waals surface area contributed by atoms with Gasteiger partial charge in [-0.3, -0.25) is 4.79 Å². The van der Waals surface area contributed by atoms with Gasteiger partial charge in [-0.15, -0.1) is 0 Å². The lowest BCUT2D eigenvalue weighted by atomic mass is 9.54. The summed E-state index contributed by atoms with van der Waals surface area (Å²) >= 11 is 0. The highest BCUT2D eigenvalue weighted by atomic mass is 16.5. The number of carbonyl (C=O) groups excluding carboxylic acids is 2. The first-order chi connectivity index (χ1) is 13.1. The summed E-state index contributed by atoms with van der Waals surface area (Å²) in [6, 6.07) is 9.95. The number of ether oxygens (including phenoxy) is 1. The van der Waals surface area contributed by atoms with E-state index in [1.807, 2.05) is 30.3 Å². The zero-order valence-corrected chi connectivity index (χ0v) is 16.1. The van der Waals surface area contributed by atoms with Crippen molar-refractivity contribution in [3.8, 4) is 0 Å². The monoisotopic (exact) mass is 370 g/mol. The third-order valence-corrected chi connectivity index (χ3v) is 6.65. The number of amides is 2. The number of benzene rings is 1. The molecule has 4 saturated carbocycles. The molecule has 0 saturated heterocycles. The summed E-state index contributed by atoms with van der Waals surface area (Å²) in [7, 11) is 0. The first kappa shape index (κ1) is 18.3. The second-order valence-corrected chi connectivity index (χ2v) is 8.55. The molecule has 2 amide bonds. The third kappa shape index (κ3) is 4.12. The summed E-state index contributed by atoms with van der Waals surface area (Å²) < 4.78 is 5.08. The van der Waals surface area contributed by atoms with Gasteiger partial charge in [0.2, 0.25) is 0 Å². The van der Waals surface area contributed by atoms with Crippen molar-refractivity contribution >= 4 is 12.0 Å². The highest BCUT2D eigenvalue weighted by molar-refractivity contribution is 5.81. The molecule has 4 aliphatic carbocycles. The lowest BCUT2D eigenvalue weighted by Crippen LogP contribution is -2.58. The number of hydrogen-bond acceptors (Lipinski definition) is 3. The van der Waals surface area contributed by atoms with E-state index in [0.717, 1.165) is 17.4 Å². The Morgan fingerprint density at radius 2 is 1.67 bits per heavy atom. The van der Waals surface area contributed by atoms with Gasteiger partial charge in [-0.2, -0.15) is 0 Å². The van der Waals surface area contributed by atoms with Gasteiger partial charge in [0, 0.05) is 12.6 Å². The van der Waals surface area contributed by atoms with Crippen molar-refractivity contribution in [3.05, 3.63) is 35.9 Å². The summed E-state index contributed by atoms with van der Waals surface area (Å²) in [6.45, 7) is 2.52. The fourth-order valence-electron chi connectivity index (χ4n) is 5.76. The highest BCUT2D eigenvalue weighted by Gasteiger charge is 2.48. The van der Waals surface area contributed by atoms with Crippen LogP contribution < -0.4 is 5.32 Å². The zero-order chi connectivity index (χ0) is 18.8. The summed E-state index contributed by atoms with van der Waals surface area (Å²) in [5.41, 5.74) is 1.02. The maximum Gasteiger partial charge on any atom is 0.325 e. The molecule has 5 nitrogen and oxygen atoms in total. The van der Waals surface area contributed by atoms with E-state index in [4.69, 9.17) is 4.74 Å². The Balaban J connectivity index is 1.44. The number of nitrogens with zero attached hydrogens (tertiary/aromatic N) is 1. The van der Waals surface area contributed by atoms with E-state index >= 15 is 0 Å². The van der Waals surface area contributed by atoms with E-state index in [1.54, 1.807) is 11.8 Å². The maximum absolute atomic E-state index is 13.1. The van der Waals surface area contributed by atoms with E-state index in [2.05, 4.69) is 5.32 Å². The lowest BCUT2D eigenvalue weighted by molar-refractivity contribution is -0.143. The van der Waals surface area contributed by atoms with E-state index in [-0.39, 0.29) is 24.6 Å². The molecule has 4 aliphatic rings. The predicted octanol–water partition coefficient (Wildman–Crippen LogP) is 3.59. The molecule has 0 radical (unpaired) electrons. The van der Waals surface area contributed by atoms with Crippen LogP contribution in [0, 0.1) is 23.7 Å². The Kier molecular flexibility index (Phi) is 5.37. The van der Waals surface area contributed by atoms with Crippen molar-refractivity contribution in [1.82, 2.24) is 10.2 Å². The Bertz CT molecular complexity index is 647. The molecule has 0 aliphatic heterocycles. The molecule has 0 aromatic heterocycles. The Labute approximate surface area is 161 Å². The SMILES string of the molecule is CCOC(=O)CN(Cc1ccccc1)C(=O)NC1C2CC3CC(C2)CC1C3. The van der Waals surface area contributed by atoms with Crippen LogP contribution in [0.4, 0.5) is 4.79 Å². The van der Waals surface area contributed by atoms with Gasteiger partial charge < -0.3 is 15.0 Å². The number of esters is 1. The average molecular weight is 370 g/mol. The van der Waals surface area contributed by atoms with Gasteiger partial charge in [-0.25, -0.2) is 4.79 Å². The van der Waals surface area contributed by atoms with Crippen molar-refractivity contribution in [2.75, 3.05) is 13.2 Å². The third-order valence-electron chi connectivity index (χ3n) is 6.65. The zero-order valence-electron chi connectivity index (χ0n) is 16.1. The molecule has 5 rings (SSSR count). The van der Waals surface area contributed by atoms with Crippen LogP contribution in [0.15, 0.2) is 30.3 Å². The normalized spacial score (nSPS) is 30.8. The first-order valence-electron chi connectivity index (χ1n) is 10.4. The summed E-state index contributed by atoms with van der Waals surface area (Å²) in [6.07, 6.45) is 6.43. The predicted molar refractivity (Wildman–Crippen MR) is 103 cm³/mol. The molecule has 0 unspecified atom stereocenters. The molecule has 0 spiro atoms. The van der Waals surface area contributed by atoms with Crippen molar-refractivity contribution in [3.63, 3.8) is 0 Å². The van der Waals surface area contributed by atoms with Crippen molar-refractivity contribution < 1.29 is 14.3 Å². The largest absolute Gasteiger partial charge is 0.465 e. The first-order valence-corrected chi connectivity index (χ1v) is 10.4. The van der Waals surface area contributed by atoms with Gasteiger partial charge in [-0.1, -0.05) is 30.3 Å². The summed E-state index contributed by atoms with van der Waals surface area (Å²) in [4.78, 5) is 26.7. The molecular weight excluding hydrogens is 340 g/mol. The van der Waals surface area contributed by atoms with Crippen LogP contribution in [0.1, 0.15) is 44.6 Å². The quantitative estimate of drug-likeness (QED) is 0.779. The Morgan fingerprint density at radius 3 is 2.26 bits per heavy atom. The van der Waals surface area contributed by atoms with Crippen molar-refractivity contribution in [2.24, 2.45) is 23.7 Å². The number of urea groups is 1. The Morgan fingerprint density at radius 1 is 1.04 bits per heavy atom. The van der Waals surface area contributed by atoms with Crippen LogP contribution >= 0.6 is 0 Å². The Hall–Kier alpha value is -2.04. The second kappa shape index (κ2) is 7.91. The van der Waals surface area contributed by atoms with Crippen molar-refractivity contribution in [2.45, 2.75) is 51.6 Å². The van der Waals surface area contributed by atoms with Gasteiger partial charge in [0.1, 0.15) is 6.54 Å². The van der Waals surface area contributed by atoms with Crippen LogP contribution in [-0.4, -0.2) is 36.1 Å². The van der Waals surface area contributed by atoms with Gasteiger partial charge >= 0.3 is 12.0 Å². The van der Waals surface area contributed by atoms with Crippen LogP contribution in [0.3, 0.4) is 0 Å². The van der Waals surface area contributed by atoms with Crippen LogP contribution in [0.25, 0.3) is 0 Å². The summed E-state index contributed by atoms with van der Waals surface area (Å²) in [5, 5.41) is 3.31. The topological polar surface area (TPSA) is 58.6 Å². The molecule has 1 aromatic rings. The smallest absolute Gasteiger partial charge is 0.325 e. The van der Waals surface area contributed by atoms with E-state index in [9.17, 15) is 9.59 Å². The molecule has 4 fully saturated rings. The lowest BCUT2D eigenvalue weighted by Gasteiger charge is -2.54. The fourth-order valence-corrected chi connectivity index (χ4v) is 5.76. The molecule has 1 N–H and O–H groups in total. The minimum absolute atomic E-state index is 0.0120. The summed E-state index contributed by atoms with van der Waals surface area (Å²) in [5.74, 6) is 2.63. The standard InChI is InChI=1S/C22H30N2O3/c1-2-27-20(25)14-24(13-15-6-4-3-5-7-15)22(26)23-21-18-9-16-8-17(11-18)12-19(21)10-16/h3-7,16-19,21H,2,8-14H2,1H3,(H,23,26). The van der Waals surface area contributed by atoms with Gasteiger partial charge in [0.05, 0.1) is 6.61 Å². The molecule has 1 aromatic carbocycles. The van der Waals surface area contributed by atoms with Crippen LogP contribution in [0.2, 0.25) is 0 Å². The molecular formula is C22H30N2O3. The average Bonchev–Trinajstić information content (AvgIpc) is 2.64. The molecule has 0 heterocycles. The number of nitrogens with one attached hydrogen (secondary N) is 1. The molecule has 4 bridgehead atoms. The minimum Gasteiger partial charge on any atom is -0.465 e. The fraction of sp³-hybridized carbons (Fsp3) is 0.636. The van der Waals surface area contributed by atoms with E-state index < -0.39 is 0 Å². The van der Waals surface area contributed by atoms with Crippen LogP contribution in [0.5, 0.6) is 0 Å². The van der Waals surface area contributed by atoms with Crippen molar-refractivity contribution in [1.29, 1.82) is 0 Å². The number of hydrogen-bond donors (Lipinski definition) is 1. The van der Waals surface area contributed by atoms with Gasteiger partial charge in [-0.05, 0) is 68.3 Å². The van der Waals surface area contributed by atoms with Gasteiger partial charge in [0.15, 0.2) is 0 Å². The van der Waals surface area contributed by atoms with E-state index in [1.165, 1.54) is 32.1 Å². The molecule has 0 atom stereocenters. The minimum atomic E-state index is -0.353. The van der Waals surface area contributed by atoms with Crippen LogP contribution in [-0.2, 0) is 16.1 Å². The molecule has 146 valence electrons. The van der Waals surface area contributed by atoms with Gasteiger partial charge in [0.25, 0.3) is 0 Å². The highest BCUT2D eigenvalue weighted by Crippen LogP contribution is 2.53. The molecule has 5 heteroatoms. The number of rotatable bonds is 6. The van der Waals surface area contributed by atoms with E-state index in [0.29, 0.717) is 25.0 Å². The second-order valence-electron chi connectivity index (χ2n) is 8.55. The maximum atomic E-state index is 13.1. The molecule has 27 heavy (non-hydrogen) atoms.